The second-order valence-corrected chi connectivity index (χ2v) is 13.2. The number of alkyl halides is 2. The van der Waals surface area contributed by atoms with Gasteiger partial charge in [-0.3, -0.25) is 19.5 Å². The zero-order valence-corrected chi connectivity index (χ0v) is 25.5. The number of amides is 2. The van der Waals surface area contributed by atoms with Gasteiger partial charge in [0, 0.05) is 51.8 Å². The van der Waals surface area contributed by atoms with Gasteiger partial charge in [0.1, 0.15) is 0 Å². The van der Waals surface area contributed by atoms with Crippen molar-refractivity contribution in [3.63, 3.8) is 0 Å². The SMILES string of the molecule is Cc1ccoc1C(=O)Nc1cccc(C#Cc2cncc(C(=O)N=S(=O)(CCCN3CCCC(F)(F)C3)c3ccccc3)c2)c1. The maximum atomic E-state index is 14.1. The highest BCUT2D eigenvalue weighted by Crippen LogP contribution is 2.27. The fourth-order valence-corrected chi connectivity index (χ4v) is 6.90. The molecule has 1 unspecified atom stereocenters. The van der Waals surface area contributed by atoms with Crippen LogP contribution in [0.1, 0.15) is 56.9 Å². The van der Waals surface area contributed by atoms with Gasteiger partial charge < -0.3 is 9.73 Å². The minimum absolute atomic E-state index is 0.0458. The van der Waals surface area contributed by atoms with Crippen LogP contribution in [-0.2, 0) is 9.73 Å². The molecule has 0 bridgehead atoms. The highest BCUT2D eigenvalue weighted by molar-refractivity contribution is 7.94. The van der Waals surface area contributed by atoms with Crippen LogP contribution in [0.5, 0.6) is 0 Å². The van der Waals surface area contributed by atoms with Gasteiger partial charge in [0.05, 0.1) is 28.1 Å². The van der Waals surface area contributed by atoms with Crippen molar-refractivity contribution in [2.75, 3.05) is 30.7 Å². The first kappa shape index (κ1) is 31.8. The number of hydrogen-bond donors (Lipinski definition) is 1. The average Bonchev–Trinajstić information content (AvgIpc) is 3.46. The first-order chi connectivity index (χ1) is 21.6. The Morgan fingerprint density at radius 3 is 2.62 bits per heavy atom. The second-order valence-electron chi connectivity index (χ2n) is 10.8. The van der Waals surface area contributed by atoms with Crippen LogP contribution in [0.2, 0.25) is 0 Å². The van der Waals surface area contributed by atoms with E-state index in [2.05, 4.69) is 26.5 Å². The molecular formula is C34H32F2N4O4S. The lowest BCUT2D eigenvalue weighted by atomic mass is 10.1. The van der Waals surface area contributed by atoms with Crippen LogP contribution in [0, 0.1) is 18.8 Å². The van der Waals surface area contributed by atoms with Crippen LogP contribution < -0.4 is 5.32 Å². The Balaban J connectivity index is 1.31. The molecule has 11 heteroatoms. The monoisotopic (exact) mass is 630 g/mol. The van der Waals surface area contributed by atoms with Crippen LogP contribution in [0.25, 0.3) is 0 Å². The molecule has 0 radical (unpaired) electrons. The molecule has 0 spiro atoms. The van der Waals surface area contributed by atoms with Gasteiger partial charge in [-0.25, -0.2) is 13.0 Å². The molecule has 2 aromatic heterocycles. The van der Waals surface area contributed by atoms with Crippen LogP contribution in [0.3, 0.4) is 0 Å². The minimum atomic E-state index is -3.19. The molecule has 8 nitrogen and oxygen atoms in total. The van der Waals surface area contributed by atoms with Gasteiger partial charge in [-0.2, -0.15) is 4.36 Å². The van der Waals surface area contributed by atoms with Crippen molar-refractivity contribution in [3.05, 3.63) is 113 Å². The lowest BCUT2D eigenvalue weighted by molar-refractivity contribution is -0.0636. The van der Waals surface area contributed by atoms with E-state index < -0.39 is 21.6 Å². The topological polar surface area (TPSA) is 105 Å². The number of rotatable bonds is 8. The molecule has 232 valence electrons. The quantitative estimate of drug-likeness (QED) is 0.225. The predicted octanol–water partition coefficient (Wildman–Crippen LogP) is 6.42. The Bertz CT molecular complexity index is 1870. The van der Waals surface area contributed by atoms with Crippen LogP contribution in [-0.4, -0.2) is 57.2 Å². The number of likely N-dealkylation sites (tertiary alicyclic amines) is 1. The smallest absolute Gasteiger partial charge is 0.291 e. The van der Waals surface area contributed by atoms with Crippen molar-refractivity contribution in [3.8, 4) is 11.8 Å². The van der Waals surface area contributed by atoms with Crippen LogP contribution in [0.4, 0.5) is 14.5 Å². The Labute approximate surface area is 261 Å². The average molecular weight is 631 g/mol. The summed E-state index contributed by atoms with van der Waals surface area (Å²) < 4.78 is 51.2. The van der Waals surface area contributed by atoms with Gasteiger partial charge in [-0.1, -0.05) is 36.1 Å². The number of halogens is 2. The molecule has 0 saturated carbocycles. The summed E-state index contributed by atoms with van der Waals surface area (Å²) >= 11 is 0. The second kappa shape index (κ2) is 14.0. The van der Waals surface area contributed by atoms with E-state index in [1.165, 1.54) is 24.7 Å². The van der Waals surface area contributed by atoms with Crippen LogP contribution >= 0.6 is 0 Å². The number of piperidine rings is 1. The molecule has 2 aromatic carbocycles. The van der Waals surface area contributed by atoms with Crippen molar-refractivity contribution in [1.82, 2.24) is 9.88 Å². The van der Waals surface area contributed by atoms with Gasteiger partial charge >= 0.3 is 0 Å². The van der Waals surface area contributed by atoms with E-state index >= 15 is 0 Å². The summed E-state index contributed by atoms with van der Waals surface area (Å²) in [5, 5.41) is 2.79. The lowest BCUT2D eigenvalue weighted by Crippen LogP contribution is -2.43. The molecule has 4 aromatic rings. The molecule has 1 atom stereocenters. The summed E-state index contributed by atoms with van der Waals surface area (Å²) in [5.74, 6) is 2.45. The normalized spacial score (nSPS) is 15.7. The molecule has 1 aliphatic rings. The molecular weight excluding hydrogens is 598 g/mol. The number of nitrogens with zero attached hydrogens (tertiary/aromatic N) is 3. The van der Waals surface area contributed by atoms with E-state index in [9.17, 15) is 22.6 Å². The van der Waals surface area contributed by atoms with E-state index in [1.54, 1.807) is 72.5 Å². The maximum absolute atomic E-state index is 14.1. The number of pyridine rings is 1. The van der Waals surface area contributed by atoms with Crippen molar-refractivity contribution in [2.45, 2.75) is 37.0 Å². The number of aromatic nitrogens is 1. The Morgan fingerprint density at radius 1 is 1.07 bits per heavy atom. The van der Waals surface area contributed by atoms with Gasteiger partial charge in [-0.05, 0) is 75.3 Å². The van der Waals surface area contributed by atoms with E-state index in [4.69, 9.17) is 4.42 Å². The van der Waals surface area contributed by atoms with Crippen molar-refractivity contribution < 1.29 is 27.0 Å². The number of carbonyl (C=O) groups excluding carboxylic acids is 2. The standard InChI is InChI=1S/C34H32F2N4O4S/c1-25-14-18-44-31(25)33(42)38-29-9-5-8-26(21-29)12-13-27-20-28(23-37-22-27)32(41)39-45(43,30-10-3-2-4-11-30)19-7-17-40-16-6-15-34(35,36)24-40/h2-5,8-11,14,18,20-23H,6-7,15-17,19,24H2,1H3,(H,38,42). The summed E-state index contributed by atoms with van der Waals surface area (Å²) in [7, 11) is -3.19. The molecule has 3 heterocycles. The molecule has 1 saturated heterocycles. The zero-order valence-electron chi connectivity index (χ0n) is 24.7. The fourth-order valence-electron chi connectivity index (χ4n) is 4.99. The molecule has 45 heavy (non-hydrogen) atoms. The number of hydrogen-bond acceptors (Lipinski definition) is 6. The van der Waals surface area contributed by atoms with Crippen molar-refractivity contribution >= 4 is 27.2 Å². The summed E-state index contributed by atoms with van der Waals surface area (Å²) in [5.41, 5.74) is 2.43. The summed E-state index contributed by atoms with van der Waals surface area (Å²) in [6.07, 6.45) is 4.91. The third-order valence-electron chi connectivity index (χ3n) is 7.23. The third-order valence-corrected chi connectivity index (χ3v) is 9.55. The Kier molecular flexibility index (Phi) is 9.86. The molecule has 0 aliphatic carbocycles. The number of furan rings is 1. The summed E-state index contributed by atoms with van der Waals surface area (Å²) in [6.45, 7) is 2.35. The number of aryl methyl sites for hydroxylation is 1. The molecule has 1 fully saturated rings. The predicted molar refractivity (Wildman–Crippen MR) is 168 cm³/mol. The molecule has 1 aliphatic heterocycles. The number of carbonyl (C=O) groups is 2. The van der Waals surface area contributed by atoms with Gasteiger partial charge in [0.25, 0.3) is 17.7 Å². The largest absolute Gasteiger partial charge is 0.459 e. The van der Waals surface area contributed by atoms with Gasteiger partial charge in [0.15, 0.2) is 5.76 Å². The third kappa shape index (κ3) is 8.50. The molecule has 2 amide bonds. The van der Waals surface area contributed by atoms with E-state index in [-0.39, 0.29) is 35.9 Å². The number of anilines is 1. The van der Waals surface area contributed by atoms with Gasteiger partial charge in [-0.15, -0.1) is 0 Å². The first-order valence-electron chi connectivity index (χ1n) is 14.5. The number of benzene rings is 2. The Morgan fingerprint density at radius 2 is 1.87 bits per heavy atom. The molecule has 5 rings (SSSR count). The van der Waals surface area contributed by atoms with E-state index in [0.717, 1.165) is 5.56 Å². The maximum Gasteiger partial charge on any atom is 0.291 e. The van der Waals surface area contributed by atoms with E-state index in [0.29, 0.717) is 47.6 Å². The first-order valence-corrected chi connectivity index (χ1v) is 16.2. The van der Waals surface area contributed by atoms with Crippen LogP contribution in [0.15, 0.2) is 99.1 Å². The minimum Gasteiger partial charge on any atom is -0.459 e. The highest BCUT2D eigenvalue weighted by atomic mass is 32.2. The lowest BCUT2D eigenvalue weighted by Gasteiger charge is -2.32. The highest BCUT2D eigenvalue weighted by Gasteiger charge is 2.34. The summed E-state index contributed by atoms with van der Waals surface area (Å²) in [4.78, 5) is 32.0. The van der Waals surface area contributed by atoms with Gasteiger partial charge in [0.2, 0.25) is 0 Å². The van der Waals surface area contributed by atoms with E-state index in [1.807, 2.05) is 0 Å². The van der Waals surface area contributed by atoms with Crippen molar-refractivity contribution in [2.24, 2.45) is 4.36 Å². The molecule has 1 N–H and O–H groups in total. The number of nitrogens with one attached hydrogen (secondary N) is 1. The fraction of sp³-hybridized carbons (Fsp3) is 0.265. The Hall–Kier alpha value is -4.66. The van der Waals surface area contributed by atoms with Crippen molar-refractivity contribution in [1.29, 1.82) is 0 Å². The zero-order chi connectivity index (χ0) is 31.9. The summed E-state index contributed by atoms with van der Waals surface area (Å²) in [6, 6.07) is 18.7.